The lowest BCUT2D eigenvalue weighted by Gasteiger charge is -2.07. The van der Waals surface area contributed by atoms with Crippen LogP contribution in [0.4, 0.5) is 4.39 Å². The van der Waals surface area contributed by atoms with Gasteiger partial charge in [0, 0.05) is 12.1 Å². The van der Waals surface area contributed by atoms with Crippen molar-refractivity contribution in [1.29, 1.82) is 0 Å². The number of amides is 1. The summed E-state index contributed by atoms with van der Waals surface area (Å²) in [5.74, 6) is 0.142. The first-order valence-electron chi connectivity index (χ1n) is 8.01. The van der Waals surface area contributed by atoms with E-state index in [9.17, 15) is 9.18 Å². The summed E-state index contributed by atoms with van der Waals surface area (Å²) in [6.45, 7) is 3.45. The van der Waals surface area contributed by atoms with Crippen LogP contribution in [0.25, 0.3) is 0 Å². The zero-order valence-corrected chi connectivity index (χ0v) is 16.4. The number of aromatic nitrogens is 2. The number of carbonyl (C=O) groups is 1. The number of halogens is 2. The second-order valence-corrected chi connectivity index (χ2v) is 7.27. The Labute approximate surface area is 162 Å². The topological polar surface area (TPSA) is 56.2 Å². The zero-order valence-electron chi connectivity index (χ0n) is 14.0. The number of nitrogens with one attached hydrogen (secondary N) is 1. The van der Waals surface area contributed by atoms with E-state index >= 15 is 0 Å². The summed E-state index contributed by atoms with van der Waals surface area (Å²) >= 11 is 4.80. The van der Waals surface area contributed by atoms with Gasteiger partial charge >= 0.3 is 0 Å². The maximum absolute atomic E-state index is 12.9. The van der Waals surface area contributed by atoms with Gasteiger partial charge in [-0.1, -0.05) is 0 Å². The molecule has 2 heterocycles. The standard InChI is InChI=1S/C18H17BrFN3O2S/c1-2-23-16(15(19)8-22-23)9-21-18(24)17-7-12(11-26-17)10-25-14-5-3-13(20)4-6-14/h3-8,11H,2,9-10H2,1H3,(H,21,24). The fourth-order valence-electron chi connectivity index (χ4n) is 2.36. The predicted molar refractivity (Wildman–Crippen MR) is 102 cm³/mol. The quantitative estimate of drug-likeness (QED) is 0.596. The van der Waals surface area contributed by atoms with E-state index in [1.54, 1.807) is 24.4 Å². The molecular formula is C18H17BrFN3O2S. The Morgan fingerprint density at radius 1 is 1.38 bits per heavy atom. The third-order valence-corrected chi connectivity index (χ3v) is 5.35. The Morgan fingerprint density at radius 3 is 2.88 bits per heavy atom. The number of carbonyl (C=O) groups excluding carboxylic acids is 1. The highest BCUT2D eigenvalue weighted by Crippen LogP contribution is 2.19. The second kappa shape index (κ2) is 8.46. The number of thiophene rings is 1. The number of ether oxygens (including phenoxy) is 1. The molecule has 0 aliphatic heterocycles. The molecule has 0 saturated heterocycles. The smallest absolute Gasteiger partial charge is 0.261 e. The molecule has 0 aliphatic carbocycles. The number of nitrogens with zero attached hydrogens (tertiary/aromatic N) is 2. The minimum absolute atomic E-state index is 0.140. The Hall–Kier alpha value is -2.19. The Balaban J connectivity index is 1.55. The summed E-state index contributed by atoms with van der Waals surface area (Å²) in [5, 5.41) is 9.02. The Morgan fingerprint density at radius 2 is 2.15 bits per heavy atom. The zero-order chi connectivity index (χ0) is 18.5. The average molecular weight is 438 g/mol. The van der Waals surface area contributed by atoms with Crippen LogP contribution < -0.4 is 10.1 Å². The number of hydrogen-bond acceptors (Lipinski definition) is 4. The van der Waals surface area contributed by atoms with Crippen molar-refractivity contribution in [3.05, 3.63) is 68.3 Å². The molecule has 1 amide bonds. The van der Waals surface area contributed by atoms with E-state index in [0.29, 0.717) is 23.8 Å². The molecule has 3 aromatic rings. The van der Waals surface area contributed by atoms with Crippen molar-refractivity contribution in [1.82, 2.24) is 15.1 Å². The van der Waals surface area contributed by atoms with E-state index in [1.807, 2.05) is 17.0 Å². The van der Waals surface area contributed by atoms with E-state index in [-0.39, 0.29) is 11.7 Å². The molecule has 0 atom stereocenters. The highest BCUT2D eigenvalue weighted by molar-refractivity contribution is 9.10. The summed E-state index contributed by atoms with van der Waals surface area (Å²) in [4.78, 5) is 13.0. The highest BCUT2D eigenvalue weighted by atomic mass is 79.9. The molecule has 3 rings (SSSR count). The monoisotopic (exact) mass is 437 g/mol. The van der Waals surface area contributed by atoms with Crippen molar-refractivity contribution in [2.24, 2.45) is 0 Å². The van der Waals surface area contributed by atoms with Gasteiger partial charge in [-0.25, -0.2) is 4.39 Å². The lowest BCUT2D eigenvalue weighted by atomic mass is 10.3. The highest BCUT2D eigenvalue weighted by Gasteiger charge is 2.13. The Bertz CT molecular complexity index is 892. The number of rotatable bonds is 7. The van der Waals surface area contributed by atoms with Crippen molar-refractivity contribution in [2.75, 3.05) is 0 Å². The lowest BCUT2D eigenvalue weighted by Crippen LogP contribution is -2.23. The van der Waals surface area contributed by atoms with E-state index in [2.05, 4.69) is 26.3 Å². The van der Waals surface area contributed by atoms with Gasteiger partial charge in [-0.05, 0) is 58.6 Å². The predicted octanol–water partition coefficient (Wildman–Crippen LogP) is 4.38. The number of aryl methyl sites for hydroxylation is 1. The van der Waals surface area contributed by atoms with Crippen LogP contribution >= 0.6 is 27.3 Å². The van der Waals surface area contributed by atoms with Crippen molar-refractivity contribution < 1.29 is 13.9 Å². The van der Waals surface area contributed by atoms with E-state index in [4.69, 9.17) is 4.74 Å². The molecule has 26 heavy (non-hydrogen) atoms. The van der Waals surface area contributed by atoms with Crippen LogP contribution in [0.1, 0.15) is 27.9 Å². The van der Waals surface area contributed by atoms with Gasteiger partial charge in [0.05, 0.1) is 27.8 Å². The fourth-order valence-corrected chi connectivity index (χ4v) is 3.60. The van der Waals surface area contributed by atoms with Gasteiger partial charge in [0.25, 0.3) is 5.91 Å². The normalized spacial score (nSPS) is 10.7. The first kappa shape index (κ1) is 18.6. The van der Waals surface area contributed by atoms with Crippen LogP contribution in [-0.2, 0) is 19.7 Å². The molecule has 0 unspecified atom stereocenters. The SMILES string of the molecule is CCn1ncc(Br)c1CNC(=O)c1cc(COc2ccc(F)cc2)cs1. The van der Waals surface area contributed by atoms with Crippen molar-refractivity contribution in [2.45, 2.75) is 26.6 Å². The minimum atomic E-state index is -0.303. The van der Waals surface area contributed by atoms with E-state index in [0.717, 1.165) is 22.3 Å². The molecule has 136 valence electrons. The molecule has 2 aromatic heterocycles. The van der Waals surface area contributed by atoms with Gasteiger partial charge in [0.2, 0.25) is 0 Å². The lowest BCUT2D eigenvalue weighted by molar-refractivity contribution is 0.0954. The first-order chi connectivity index (χ1) is 12.6. The second-order valence-electron chi connectivity index (χ2n) is 5.50. The molecule has 0 saturated carbocycles. The average Bonchev–Trinajstić information content (AvgIpc) is 3.26. The van der Waals surface area contributed by atoms with Crippen LogP contribution in [-0.4, -0.2) is 15.7 Å². The number of hydrogen-bond donors (Lipinski definition) is 1. The van der Waals surface area contributed by atoms with Crippen LogP contribution in [0.2, 0.25) is 0 Å². The van der Waals surface area contributed by atoms with Gasteiger partial charge in [0.15, 0.2) is 0 Å². The molecule has 8 heteroatoms. The summed E-state index contributed by atoms with van der Waals surface area (Å²) < 4.78 is 21.2. The fraction of sp³-hybridized carbons (Fsp3) is 0.222. The minimum Gasteiger partial charge on any atom is -0.489 e. The summed E-state index contributed by atoms with van der Waals surface area (Å²) in [6.07, 6.45) is 1.72. The molecule has 1 N–H and O–H groups in total. The third kappa shape index (κ3) is 4.50. The summed E-state index contributed by atoms with van der Waals surface area (Å²) in [7, 11) is 0. The molecule has 0 fully saturated rings. The molecule has 5 nitrogen and oxygen atoms in total. The largest absolute Gasteiger partial charge is 0.489 e. The van der Waals surface area contributed by atoms with Gasteiger partial charge in [0.1, 0.15) is 18.2 Å². The van der Waals surface area contributed by atoms with Crippen LogP contribution in [0.3, 0.4) is 0 Å². The first-order valence-corrected chi connectivity index (χ1v) is 9.68. The van der Waals surface area contributed by atoms with Crippen molar-refractivity contribution in [3.63, 3.8) is 0 Å². The van der Waals surface area contributed by atoms with Gasteiger partial charge in [-0.15, -0.1) is 11.3 Å². The van der Waals surface area contributed by atoms with E-state index in [1.165, 1.54) is 23.5 Å². The van der Waals surface area contributed by atoms with Crippen LogP contribution in [0.5, 0.6) is 5.75 Å². The maximum Gasteiger partial charge on any atom is 0.261 e. The van der Waals surface area contributed by atoms with Crippen molar-refractivity contribution in [3.8, 4) is 5.75 Å². The molecule has 0 spiro atoms. The van der Waals surface area contributed by atoms with Crippen molar-refractivity contribution >= 4 is 33.2 Å². The maximum atomic E-state index is 12.9. The molecule has 0 bridgehead atoms. The number of benzene rings is 1. The van der Waals surface area contributed by atoms with Crippen LogP contribution in [0.15, 0.2) is 46.4 Å². The summed E-state index contributed by atoms with van der Waals surface area (Å²) in [6, 6.07) is 7.64. The molecule has 0 aliphatic rings. The molecular weight excluding hydrogens is 421 g/mol. The van der Waals surface area contributed by atoms with Crippen LogP contribution in [0, 0.1) is 5.82 Å². The molecule has 0 radical (unpaired) electrons. The van der Waals surface area contributed by atoms with Gasteiger partial charge in [-0.2, -0.15) is 5.10 Å². The third-order valence-electron chi connectivity index (χ3n) is 3.71. The summed E-state index contributed by atoms with van der Waals surface area (Å²) in [5.41, 5.74) is 1.82. The van der Waals surface area contributed by atoms with Gasteiger partial charge in [-0.3, -0.25) is 9.48 Å². The molecule has 1 aromatic carbocycles. The van der Waals surface area contributed by atoms with Gasteiger partial charge < -0.3 is 10.1 Å². The van der Waals surface area contributed by atoms with E-state index < -0.39 is 0 Å². The Kier molecular flexibility index (Phi) is 6.05.